The van der Waals surface area contributed by atoms with Crippen LogP contribution in [0.3, 0.4) is 0 Å². The molecule has 136 valence electrons. The second-order valence-corrected chi connectivity index (χ2v) is 6.32. The molecule has 6 nitrogen and oxygen atoms in total. The molecule has 2 aromatic rings. The van der Waals surface area contributed by atoms with E-state index in [0.717, 1.165) is 16.0 Å². The molecule has 1 heterocycles. The van der Waals surface area contributed by atoms with Gasteiger partial charge in [-0.25, -0.2) is 9.59 Å². The number of rotatable bonds is 7. The lowest BCUT2D eigenvalue weighted by atomic mass is 10.1. The summed E-state index contributed by atoms with van der Waals surface area (Å²) in [6, 6.07) is 8.62. The van der Waals surface area contributed by atoms with Crippen LogP contribution in [0.15, 0.2) is 41.8 Å². The van der Waals surface area contributed by atoms with Crippen molar-refractivity contribution in [1.29, 1.82) is 0 Å². The molecule has 2 rings (SSSR count). The van der Waals surface area contributed by atoms with Crippen molar-refractivity contribution in [2.24, 2.45) is 0 Å². The number of thiophene rings is 1. The quantitative estimate of drug-likeness (QED) is 0.596. The Morgan fingerprint density at radius 1 is 1.15 bits per heavy atom. The molecular weight excluding hydrogens is 354 g/mol. The van der Waals surface area contributed by atoms with E-state index in [-0.39, 0.29) is 13.2 Å². The molecule has 1 N–H and O–H groups in total. The van der Waals surface area contributed by atoms with Crippen molar-refractivity contribution >= 4 is 35.3 Å². The van der Waals surface area contributed by atoms with Gasteiger partial charge in [-0.15, -0.1) is 11.3 Å². The molecule has 0 fully saturated rings. The summed E-state index contributed by atoms with van der Waals surface area (Å²) in [6.07, 6.45) is 2.97. The Bertz CT molecular complexity index is 808. The van der Waals surface area contributed by atoms with Crippen LogP contribution in [0.2, 0.25) is 0 Å². The minimum absolute atomic E-state index is 0.266. The summed E-state index contributed by atoms with van der Waals surface area (Å²) in [5.41, 5.74) is 2.32. The lowest BCUT2D eigenvalue weighted by Crippen LogP contribution is -2.28. The fourth-order valence-corrected chi connectivity index (χ4v) is 2.83. The summed E-state index contributed by atoms with van der Waals surface area (Å²) in [4.78, 5) is 35.7. The highest BCUT2D eigenvalue weighted by Crippen LogP contribution is 2.16. The van der Waals surface area contributed by atoms with E-state index in [4.69, 9.17) is 4.74 Å². The van der Waals surface area contributed by atoms with Crippen LogP contribution in [0.5, 0.6) is 0 Å². The van der Waals surface area contributed by atoms with E-state index >= 15 is 0 Å². The molecule has 1 aromatic carbocycles. The predicted octanol–water partition coefficient (Wildman–Crippen LogP) is 2.72. The highest BCUT2D eigenvalue weighted by molar-refractivity contribution is 7.11. The minimum Gasteiger partial charge on any atom is -0.465 e. The third-order valence-electron chi connectivity index (χ3n) is 3.48. The first-order valence-electron chi connectivity index (χ1n) is 7.82. The van der Waals surface area contributed by atoms with E-state index in [0.29, 0.717) is 5.56 Å². The maximum Gasteiger partial charge on any atom is 0.337 e. The highest BCUT2D eigenvalue weighted by atomic mass is 32.1. The first-order chi connectivity index (χ1) is 12.5. The van der Waals surface area contributed by atoms with Gasteiger partial charge in [0, 0.05) is 17.5 Å². The van der Waals surface area contributed by atoms with Gasteiger partial charge < -0.3 is 14.8 Å². The Kier molecular flexibility index (Phi) is 7.11. The largest absolute Gasteiger partial charge is 0.465 e. The van der Waals surface area contributed by atoms with Crippen molar-refractivity contribution in [3.8, 4) is 0 Å². The Labute approximate surface area is 155 Å². The monoisotopic (exact) mass is 373 g/mol. The lowest BCUT2D eigenvalue weighted by molar-refractivity contribution is -0.143. The molecule has 1 aromatic heterocycles. The van der Waals surface area contributed by atoms with Crippen LogP contribution < -0.4 is 5.32 Å². The highest BCUT2D eigenvalue weighted by Gasteiger charge is 2.07. The van der Waals surface area contributed by atoms with Gasteiger partial charge in [-0.2, -0.15) is 0 Å². The second kappa shape index (κ2) is 9.53. The molecule has 0 radical (unpaired) electrons. The smallest absolute Gasteiger partial charge is 0.337 e. The van der Waals surface area contributed by atoms with Gasteiger partial charge in [0.15, 0.2) is 6.61 Å². The fourth-order valence-electron chi connectivity index (χ4n) is 2.01. The fraction of sp³-hybridized carbons (Fsp3) is 0.211. The zero-order chi connectivity index (χ0) is 18.9. The zero-order valence-electron chi connectivity index (χ0n) is 14.5. The molecule has 0 saturated heterocycles. The van der Waals surface area contributed by atoms with Crippen LogP contribution in [-0.2, 0) is 25.6 Å². The number of methoxy groups -OCH3 is 1. The molecule has 0 atom stereocenters. The molecule has 0 unspecified atom stereocenters. The average Bonchev–Trinajstić information content (AvgIpc) is 3.07. The van der Waals surface area contributed by atoms with E-state index in [1.54, 1.807) is 30.3 Å². The Hall–Kier alpha value is -2.93. The van der Waals surface area contributed by atoms with Gasteiger partial charge in [-0.3, -0.25) is 4.79 Å². The number of amides is 1. The van der Waals surface area contributed by atoms with Crippen LogP contribution in [0, 0.1) is 6.92 Å². The normalized spacial score (nSPS) is 10.5. The standard InChI is InChI=1S/C19H19NO5S/c1-13-9-10-26-16(13)7-8-18(22)25-12-17(21)20-11-14-3-5-15(6-4-14)19(23)24-2/h3-10H,11-12H2,1-2H3,(H,20,21)/b8-7+. The molecule has 26 heavy (non-hydrogen) atoms. The summed E-state index contributed by atoms with van der Waals surface area (Å²) in [5, 5.41) is 4.58. The third kappa shape index (κ3) is 5.86. The predicted molar refractivity (Wildman–Crippen MR) is 98.7 cm³/mol. The summed E-state index contributed by atoms with van der Waals surface area (Å²) in [6.45, 7) is 1.86. The SMILES string of the molecule is COC(=O)c1ccc(CNC(=O)COC(=O)/C=C/c2sccc2C)cc1. The van der Waals surface area contributed by atoms with Gasteiger partial charge in [0.2, 0.25) is 0 Å². The summed E-state index contributed by atoms with van der Waals surface area (Å²) in [5.74, 6) is -1.40. The van der Waals surface area contributed by atoms with Crippen molar-refractivity contribution < 1.29 is 23.9 Å². The summed E-state index contributed by atoms with van der Waals surface area (Å²) >= 11 is 1.52. The topological polar surface area (TPSA) is 81.7 Å². The van der Waals surface area contributed by atoms with Gasteiger partial charge >= 0.3 is 11.9 Å². The average molecular weight is 373 g/mol. The third-order valence-corrected chi connectivity index (χ3v) is 4.47. The molecule has 7 heteroatoms. The Morgan fingerprint density at radius 3 is 2.50 bits per heavy atom. The minimum atomic E-state index is -0.574. The molecule has 0 aliphatic carbocycles. The molecule has 0 spiro atoms. The number of carbonyl (C=O) groups is 3. The van der Waals surface area contributed by atoms with Gasteiger partial charge in [-0.05, 0) is 47.7 Å². The molecule has 0 aliphatic rings. The van der Waals surface area contributed by atoms with Crippen molar-refractivity contribution in [2.75, 3.05) is 13.7 Å². The summed E-state index contributed by atoms with van der Waals surface area (Å²) in [7, 11) is 1.31. The maximum absolute atomic E-state index is 11.7. The molecule has 0 bridgehead atoms. The van der Waals surface area contributed by atoms with Crippen molar-refractivity contribution in [3.63, 3.8) is 0 Å². The number of aryl methyl sites for hydroxylation is 1. The van der Waals surface area contributed by atoms with Crippen molar-refractivity contribution in [2.45, 2.75) is 13.5 Å². The number of esters is 2. The first-order valence-corrected chi connectivity index (χ1v) is 8.70. The van der Waals surface area contributed by atoms with E-state index < -0.39 is 17.8 Å². The number of benzene rings is 1. The van der Waals surface area contributed by atoms with Gasteiger partial charge in [0.05, 0.1) is 12.7 Å². The zero-order valence-corrected chi connectivity index (χ0v) is 15.3. The first kappa shape index (κ1) is 19.4. The number of hydrogen-bond donors (Lipinski definition) is 1. The molecule has 0 aliphatic heterocycles. The van der Waals surface area contributed by atoms with E-state index in [1.165, 1.54) is 24.5 Å². The van der Waals surface area contributed by atoms with Crippen LogP contribution in [-0.4, -0.2) is 31.6 Å². The number of ether oxygens (including phenoxy) is 2. The van der Waals surface area contributed by atoms with Gasteiger partial charge in [0.1, 0.15) is 0 Å². The van der Waals surface area contributed by atoms with E-state index in [2.05, 4.69) is 10.1 Å². The van der Waals surface area contributed by atoms with Gasteiger partial charge in [-0.1, -0.05) is 12.1 Å². The molecular formula is C19H19NO5S. The Balaban J connectivity index is 1.73. The van der Waals surface area contributed by atoms with Gasteiger partial charge in [0.25, 0.3) is 5.91 Å². The van der Waals surface area contributed by atoms with E-state index in [1.807, 2.05) is 18.4 Å². The van der Waals surface area contributed by atoms with Crippen LogP contribution in [0.25, 0.3) is 6.08 Å². The van der Waals surface area contributed by atoms with E-state index in [9.17, 15) is 14.4 Å². The number of carbonyl (C=O) groups excluding carboxylic acids is 3. The number of hydrogen-bond acceptors (Lipinski definition) is 6. The summed E-state index contributed by atoms with van der Waals surface area (Å²) < 4.78 is 9.52. The second-order valence-electron chi connectivity index (χ2n) is 5.37. The lowest BCUT2D eigenvalue weighted by Gasteiger charge is -2.06. The molecule has 1 amide bonds. The maximum atomic E-state index is 11.7. The van der Waals surface area contributed by atoms with Crippen molar-refractivity contribution in [3.05, 3.63) is 63.4 Å². The number of nitrogens with one attached hydrogen (secondary N) is 1. The van der Waals surface area contributed by atoms with Crippen LogP contribution in [0.4, 0.5) is 0 Å². The van der Waals surface area contributed by atoms with Crippen LogP contribution >= 0.6 is 11.3 Å². The Morgan fingerprint density at radius 2 is 1.88 bits per heavy atom. The van der Waals surface area contributed by atoms with Crippen LogP contribution in [0.1, 0.15) is 26.4 Å². The molecule has 0 saturated carbocycles. The van der Waals surface area contributed by atoms with Crippen molar-refractivity contribution in [1.82, 2.24) is 5.32 Å².